The number of pyridine rings is 1. The van der Waals surface area contributed by atoms with E-state index >= 15 is 0 Å². The molecular formula is C29H28FN3O3S. The summed E-state index contributed by atoms with van der Waals surface area (Å²) >= 11 is 1.74. The molecule has 3 aliphatic heterocycles. The molecule has 1 unspecified atom stereocenters. The third kappa shape index (κ3) is 4.67. The van der Waals surface area contributed by atoms with Gasteiger partial charge in [-0.15, -0.1) is 11.3 Å². The van der Waals surface area contributed by atoms with Crippen LogP contribution in [0.5, 0.6) is 0 Å². The topological polar surface area (TPSA) is 63.7 Å². The summed E-state index contributed by atoms with van der Waals surface area (Å²) in [5.41, 5.74) is 2.71. The van der Waals surface area contributed by atoms with Crippen molar-refractivity contribution in [2.24, 2.45) is 0 Å². The Hall–Kier alpha value is -3.49. The Labute approximate surface area is 219 Å². The lowest BCUT2D eigenvalue weighted by molar-refractivity contribution is -0.111. The highest BCUT2D eigenvalue weighted by Crippen LogP contribution is 2.44. The minimum absolute atomic E-state index is 0.217. The van der Waals surface area contributed by atoms with Crippen molar-refractivity contribution in [1.29, 1.82) is 0 Å². The molecule has 0 bridgehead atoms. The fraction of sp³-hybridized carbons (Fsp3) is 0.310. The molecule has 3 aliphatic rings. The van der Waals surface area contributed by atoms with Crippen molar-refractivity contribution < 1.29 is 18.7 Å². The summed E-state index contributed by atoms with van der Waals surface area (Å²) in [5, 5.41) is 4.83. The van der Waals surface area contributed by atoms with Crippen LogP contribution in [-0.2, 0) is 20.8 Å². The number of nitrogens with one attached hydrogen (secondary N) is 1. The molecule has 1 amide bonds. The normalized spacial score (nSPS) is 22.0. The van der Waals surface area contributed by atoms with Crippen molar-refractivity contribution in [1.82, 2.24) is 4.98 Å². The van der Waals surface area contributed by atoms with Crippen molar-refractivity contribution in [3.05, 3.63) is 87.7 Å². The van der Waals surface area contributed by atoms with Gasteiger partial charge in [-0.05, 0) is 74.5 Å². The van der Waals surface area contributed by atoms with Crippen molar-refractivity contribution in [2.45, 2.75) is 44.9 Å². The molecule has 6 rings (SSSR count). The first-order valence-electron chi connectivity index (χ1n) is 12.5. The van der Waals surface area contributed by atoms with E-state index in [0.29, 0.717) is 22.6 Å². The summed E-state index contributed by atoms with van der Waals surface area (Å²) < 4.78 is 25.9. The number of carbonyl (C=O) groups excluding carboxylic acids is 1. The first kappa shape index (κ1) is 23.9. The lowest BCUT2D eigenvalue weighted by atomic mass is 9.93. The van der Waals surface area contributed by atoms with Gasteiger partial charge in [-0.25, -0.2) is 9.37 Å². The minimum Gasteiger partial charge on any atom is -0.482 e. The van der Waals surface area contributed by atoms with Crippen molar-refractivity contribution >= 4 is 39.9 Å². The number of nitrogens with zero attached hydrogens (tertiary/aromatic N) is 2. The number of carbonyl (C=O) groups is 1. The molecule has 6 nitrogen and oxygen atoms in total. The monoisotopic (exact) mass is 517 g/mol. The van der Waals surface area contributed by atoms with Crippen molar-refractivity contribution in [3.8, 4) is 0 Å². The largest absolute Gasteiger partial charge is 0.482 e. The van der Waals surface area contributed by atoms with E-state index in [1.54, 1.807) is 17.4 Å². The van der Waals surface area contributed by atoms with Gasteiger partial charge in [0.15, 0.2) is 0 Å². The van der Waals surface area contributed by atoms with Gasteiger partial charge in [-0.2, -0.15) is 0 Å². The van der Waals surface area contributed by atoms with E-state index in [0.717, 1.165) is 49.5 Å². The average molecular weight is 518 g/mol. The Morgan fingerprint density at radius 3 is 2.86 bits per heavy atom. The molecule has 0 spiro atoms. The molecule has 3 aromatic rings. The van der Waals surface area contributed by atoms with Gasteiger partial charge in [-0.1, -0.05) is 6.07 Å². The number of ether oxygens (including phenoxy) is 2. The highest BCUT2D eigenvalue weighted by molar-refractivity contribution is 7.09. The van der Waals surface area contributed by atoms with Crippen LogP contribution in [0.4, 0.5) is 15.9 Å². The number of anilines is 2. The van der Waals surface area contributed by atoms with Gasteiger partial charge in [0.1, 0.15) is 23.0 Å². The summed E-state index contributed by atoms with van der Waals surface area (Å²) in [6.07, 6.45) is 6.16. The zero-order valence-corrected chi connectivity index (χ0v) is 21.6. The molecule has 37 heavy (non-hydrogen) atoms. The van der Waals surface area contributed by atoms with E-state index in [9.17, 15) is 9.18 Å². The summed E-state index contributed by atoms with van der Waals surface area (Å²) in [4.78, 5) is 21.1. The Bertz CT molecular complexity index is 1390. The van der Waals surface area contributed by atoms with Gasteiger partial charge >= 0.3 is 0 Å². The maximum atomic E-state index is 13.7. The smallest absolute Gasteiger partial charge is 0.260 e. The Morgan fingerprint density at radius 2 is 2.14 bits per heavy atom. The van der Waals surface area contributed by atoms with Gasteiger partial charge in [0.05, 0.1) is 23.9 Å². The van der Waals surface area contributed by atoms with Crippen LogP contribution in [0.15, 0.2) is 65.9 Å². The van der Waals surface area contributed by atoms with E-state index in [1.807, 2.05) is 32.2 Å². The van der Waals surface area contributed by atoms with Crippen LogP contribution in [0, 0.1) is 5.82 Å². The number of rotatable bonds is 6. The highest BCUT2D eigenvalue weighted by Gasteiger charge is 2.38. The predicted molar refractivity (Wildman–Crippen MR) is 144 cm³/mol. The maximum Gasteiger partial charge on any atom is 0.260 e. The maximum absolute atomic E-state index is 13.7. The lowest BCUT2D eigenvalue weighted by Crippen LogP contribution is -2.32. The number of amides is 1. The quantitative estimate of drug-likeness (QED) is 0.405. The molecule has 190 valence electrons. The second kappa shape index (κ2) is 9.43. The molecule has 1 saturated heterocycles. The van der Waals surface area contributed by atoms with Crippen LogP contribution in [0.1, 0.15) is 42.7 Å². The Kier molecular flexibility index (Phi) is 6.09. The second-order valence-electron chi connectivity index (χ2n) is 10.1. The first-order chi connectivity index (χ1) is 17.9. The third-order valence-corrected chi connectivity index (χ3v) is 7.88. The number of hydrogen-bond donors (Lipinski definition) is 1. The zero-order chi connectivity index (χ0) is 25.6. The van der Waals surface area contributed by atoms with Crippen LogP contribution in [-0.4, -0.2) is 35.7 Å². The second-order valence-corrected chi connectivity index (χ2v) is 11.1. The van der Waals surface area contributed by atoms with Crippen LogP contribution in [0.2, 0.25) is 0 Å². The van der Waals surface area contributed by atoms with E-state index < -0.39 is 11.4 Å². The number of hydrogen-bond acceptors (Lipinski definition) is 6. The number of aromatic nitrogens is 1. The summed E-state index contributed by atoms with van der Waals surface area (Å²) in [6, 6.07) is 12.6. The van der Waals surface area contributed by atoms with Crippen LogP contribution >= 0.6 is 11.3 Å². The molecule has 2 aromatic heterocycles. The van der Waals surface area contributed by atoms with Crippen LogP contribution in [0.3, 0.4) is 0 Å². The first-order valence-corrected chi connectivity index (χ1v) is 13.4. The summed E-state index contributed by atoms with van der Waals surface area (Å²) in [5.74, 6) is 0.683. The fourth-order valence-corrected chi connectivity index (χ4v) is 5.92. The molecule has 0 aliphatic carbocycles. The van der Waals surface area contributed by atoms with Gasteiger partial charge in [0.2, 0.25) is 0 Å². The molecule has 5 heterocycles. The molecule has 1 aromatic carbocycles. The molecule has 1 fully saturated rings. The molecule has 1 atom stereocenters. The summed E-state index contributed by atoms with van der Waals surface area (Å²) in [7, 11) is 0. The van der Waals surface area contributed by atoms with Gasteiger partial charge < -0.3 is 19.7 Å². The predicted octanol–water partition coefficient (Wildman–Crippen LogP) is 6.02. The lowest BCUT2D eigenvalue weighted by Gasteiger charge is -2.27. The molecule has 0 radical (unpaired) electrons. The number of halogens is 1. The van der Waals surface area contributed by atoms with Gasteiger partial charge in [0.25, 0.3) is 5.91 Å². The van der Waals surface area contributed by atoms with Crippen molar-refractivity contribution in [3.63, 3.8) is 0 Å². The third-order valence-electron chi connectivity index (χ3n) is 7.02. The van der Waals surface area contributed by atoms with Crippen molar-refractivity contribution in [2.75, 3.05) is 23.4 Å². The number of allylic oxidation sites excluding steroid dienone is 1. The molecule has 1 N–H and O–H groups in total. The number of fused-ring (bicyclic) bond motifs is 1. The van der Waals surface area contributed by atoms with Crippen LogP contribution in [0.25, 0.3) is 11.1 Å². The zero-order valence-electron chi connectivity index (χ0n) is 20.8. The van der Waals surface area contributed by atoms with E-state index in [1.165, 1.54) is 17.0 Å². The molecule has 8 heteroatoms. The average Bonchev–Trinajstić information content (AvgIpc) is 3.66. The number of benzene rings is 1. The van der Waals surface area contributed by atoms with Gasteiger partial charge in [0, 0.05) is 40.9 Å². The highest BCUT2D eigenvalue weighted by atomic mass is 32.1. The minimum atomic E-state index is -0.664. The molecule has 0 saturated carbocycles. The summed E-state index contributed by atoms with van der Waals surface area (Å²) in [6.45, 7) is 6.35. The molecular weight excluding hydrogens is 489 g/mol. The Morgan fingerprint density at radius 1 is 1.24 bits per heavy atom. The fourth-order valence-electron chi connectivity index (χ4n) is 5.20. The Balaban J connectivity index is 1.31. The number of thiophene rings is 1. The van der Waals surface area contributed by atoms with Gasteiger partial charge in [-0.3, -0.25) is 4.79 Å². The van der Waals surface area contributed by atoms with Crippen LogP contribution < -0.4 is 10.2 Å². The van der Waals surface area contributed by atoms with E-state index in [2.05, 4.69) is 33.8 Å². The SMILES string of the molecule is CC1(C)O/C(=C2/C(=O)Nc3cc(F)ccc32)C=C1c1ccc(N(Cc2cccs2)CC2CCCO2)nc1. The van der Waals surface area contributed by atoms with E-state index in [4.69, 9.17) is 14.5 Å². The standard InChI is InChI=1S/C29H28FN3O3S/c1-29(2)23(14-25(36-29)27-22-9-8-19(30)13-24(22)32-28(27)34)18-7-10-26(31-15-18)33(16-20-5-3-11-35-20)17-21-6-4-12-37-21/h4,6-10,12-15,20H,3,5,11,16-17H2,1-2H3,(H,32,34)/b27-25+. The van der Waals surface area contributed by atoms with E-state index in [-0.39, 0.29) is 12.0 Å².